The van der Waals surface area contributed by atoms with Gasteiger partial charge in [-0.25, -0.2) is 4.39 Å². The molecule has 0 fully saturated rings. The molecule has 1 amide bonds. The number of nitrogens with zero attached hydrogens (tertiary/aromatic N) is 2. The molecule has 0 spiro atoms. The topological polar surface area (TPSA) is 67.2 Å². The number of hydrogen-bond donors (Lipinski definition) is 2. The second-order valence-electron chi connectivity index (χ2n) is 3.70. The second-order valence-corrected chi connectivity index (χ2v) is 3.70. The quantitative estimate of drug-likeness (QED) is 0.817. The molecule has 0 saturated carbocycles. The van der Waals surface area contributed by atoms with Crippen molar-refractivity contribution in [3.63, 3.8) is 0 Å². The molecule has 1 aromatic heterocycles. The number of hydrogen-bond acceptors (Lipinski definition) is 3. The predicted molar refractivity (Wildman–Crippen MR) is 63.9 cm³/mol. The van der Waals surface area contributed by atoms with Crippen molar-refractivity contribution in [2.45, 2.75) is 13.5 Å². The summed E-state index contributed by atoms with van der Waals surface area (Å²) in [5.74, 6) is -1.32. The fourth-order valence-electron chi connectivity index (χ4n) is 1.45. The number of nitrogens with one attached hydrogen (secondary N) is 1. The standard InChI is InChI=1S/C12H12FN3O2/c1-2-16-7-8(6-14-16)12(18)15-11-4-3-9(17)5-10(11)13/h3-7,17H,2H2,1H3,(H,15,18). The van der Waals surface area contributed by atoms with Crippen molar-refractivity contribution in [1.29, 1.82) is 0 Å². The first-order valence-electron chi connectivity index (χ1n) is 5.42. The van der Waals surface area contributed by atoms with Gasteiger partial charge in [0.1, 0.15) is 11.6 Å². The number of amides is 1. The second kappa shape index (κ2) is 4.87. The molecule has 5 nitrogen and oxygen atoms in total. The normalized spacial score (nSPS) is 10.3. The summed E-state index contributed by atoms with van der Waals surface area (Å²) in [6, 6.07) is 3.53. The van der Waals surface area contributed by atoms with Crippen LogP contribution in [0.15, 0.2) is 30.6 Å². The van der Waals surface area contributed by atoms with E-state index in [2.05, 4.69) is 10.4 Å². The van der Waals surface area contributed by atoms with Crippen LogP contribution in [-0.4, -0.2) is 20.8 Å². The van der Waals surface area contributed by atoms with Crippen molar-refractivity contribution in [3.8, 4) is 5.75 Å². The molecular formula is C12H12FN3O2. The van der Waals surface area contributed by atoms with Crippen LogP contribution < -0.4 is 5.32 Å². The fourth-order valence-corrected chi connectivity index (χ4v) is 1.45. The Hall–Kier alpha value is -2.37. The van der Waals surface area contributed by atoms with Crippen LogP contribution in [0.25, 0.3) is 0 Å². The van der Waals surface area contributed by atoms with Crippen LogP contribution in [0.2, 0.25) is 0 Å². The summed E-state index contributed by atoms with van der Waals surface area (Å²) >= 11 is 0. The number of benzene rings is 1. The van der Waals surface area contributed by atoms with Crippen LogP contribution in [0.3, 0.4) is 0 Å². The Morgan fingerprint density at radius 1 is 1.56 bits per heavy atom. The van der Waals surface area contributed by atoms with Crippen LogP contribution in [0, 0.1) is 5.82 Å². The minimum Gasteiger partial charge on any atom is -0.508 e. The van der Waals surface area contributed by atoms with Gasteiger partial charge in [0, 0.05) is 18.8 Å². The summed E-state index contributed by atoms with van der Waals surface area (Å²) in [7, 11) is 0. The highest BCUT2D eigenvalue weighted by molar-refractivity contribution is 6.04. The van der Waals surface area contributed by atoms with E-state index in [-0.39, 0.29) is 11.4 Å². The van der Waals surface area contributed by atoms with Gasteiger partial charge in [-0.05, 0) is 19.1 Å². The summed E-state index contributed by atoms with van der Waals surface area (Å²) in [4.78, 5) is 11.8. The third-order valence-corrected chi connectivity index (χ3v) is 2.42. The van der Waals surface area contributed by atoms with Crippen LogP contribution in [0.1, 0.15) is 17.3 Å². The molecule has 18 heavy (non-hydrogen) atoms. The van der Waals surface area contributed by atoms with Crippen LogP contribution >= 0.6 is 0 Å². The van der Waals surface area contributed by atoms with Crippen molar-refractivity contribution in [3.05, 3.63) is 42.0 Å². The predicted octanol–water partition coefficient (Wildman–Crippen LogP) is 2.00. The molecule has 2 N–H and O–H groups in total. The molecule has 6 heteroatoms. The molecule has 1 aromatic carbocycles. The molecule has 0 aliphatic carbocycles. The summed E-state index contributed by atoms with van der Waals surface area (Å²) in [6.07, 6.45) is 2.99. The van der Waals surface area contributed by atoms with E-state index in [9.17, 15) is 9.18 Å². The first-order chi connectivity index (χ1) is 8.60. The molecule has 0 aliphatic rings. The number of phenolic OH excluding ortho intramolecular Hbond substituents is 1. The average molecular weight is 249 g/mol. The number of aryl methyl sites for hydroxylation is 1. The van der Waals surface area contributed by atoms with E-state index in [1.807, 2.05) is 6.92 Å². The zero-order valence-electron chi connectivity index (χ0n) is 9.72. The molecule has 0 radical (unpaired) electrons. The van der Waals surface area contributed by atoms with Gasteiger partial charge < -0.3 is 10.4 Å². The lowest BCUT2D eigenvalue weighted by molar-refractivity contribution is 0.102. The highest BCUT2D eigenvalue weighted by atomic mass is 19.1. The van der Waals surface area contributed by atoms with E-state index in [1.165, 1.54) is 18.3 Å². The number of carbonyl (C=O) groups is 1. The number of aromatic hydroxyl groups is 1. The number of carbonyl (C=O) groups excluding carboxylic acids is 1. The number of halogens is 1. The smallest absolute Gasteiger partial charge is 0.258 e. The largest absolute Gasteiger partial charge is 0.508 e. The van der Waals surface area contributed by atoms with Gasteiger partial charge in [-0.15, -0.1) is 0 Å². The fraction of sp³-hybridized carbons (Fsp3) is 0.167. The van der Waals surface area contributed by atoms with Crippen molar-refractivity contribution in [2.75, 3.05) is 5.32 Å². The Balaban J connectivity index is 2.16. The van der Waals surface area contributed by atoms with Gasteiger partial charge in [-0.3, -0.25) is 9.48 Å². The summed E-state index contributed by atoms with van der Waals surface area (Å²) in [5.41, 5.74) is 0.367. The molecule has 0 saturated heterocycles. The van der Waals surface area contributed by atoms with Gasteiger partial charge in [0.25, 0.3) is 5.91 Å². The first kappa shape index (κ1) is 12.1. The number of aromatic nitrogens is 2. The van der Waals surface area contributed by atoms with Gasteiger partial charge in [0.2, 0.25) is 0 Å². The summed E-state index contributed by atoms with van der Waals surface area (Å²) in [5, 5.41) is 15.4. The van der Waals surface area contributed by atoms with E-state index in [4.69, 9.17) is 5.11 Å². The van der Waals surface area contributed by atoms with Gasteiger partial charge in [0.15, 0.2) is 0 Å². The monoisotopic (exact) mass is 249 g/mol. The zero-order chi connectivity index (χ0) is 13.1. The van der Waals surface area contributed by atoms with Crippen LogP contribution in [0.5, 0.6) is 5.75 Å². The number of phenols is 1. The summed E-state index contributed by atoms with van der Waals surface area (Å²) < 4.78 is 15.0. The Labute approximate surface area is 103 Å². The Bertz CT molecular complexity index is 580. The zero-order valence-corrected chi connectivity index (χ0v) is 9.72. The SMILES string of the molecule is CCn1cc(C(=O)Nc2ccc(O)cc2F)cn1. The lowest BCUT2D eigenvalue weighted by atomic mass is 10.2. The van der Waals surface area contributed by atoms with Crippen molar-refractivity contribution in [2.24, 2.45) is 0 Å². The van der Waals surface area contributed by atoms with Gasteiger partial charge >= 0.3 is 0 Å². The molecule has 1 heterocycles. The molecule has 2 aromatic rings. The number of anilines is 1. The molecule has 0 atom stereocenters. The summed E-state index contributed by atoms with van der Waals surface area (Å²) in [6.45, 7) is 2.55. The molecule has 0 aliphatic heterocycles. The number of rotatable bonds is 3. The van der Waals surface area contributed by atoms with Gasteiger partial charge in [0.05, 0.1) is 17.4 Å². The van der Waals surface area contributed by atoms with Crippen molar-refractivity contribution < 1.29 is 14.3 Å². The molecule has 94 valence electrons. The third-order valence-electron chi connectivity index (χ3n) is 2.42. The molecular weight excluding hydrogens is 237 g/mol. The minimum absolute atomic E-state index is 0.0158. The first-order valence-corrected chi connectivity index (χ1v) is 5.42. The highest BCUT2D eigenvalue weighted by Crippen LogP contribution is 2.19. The van der Waals surface area contributed by atoms with Crippen molar-refractivity contribution in [1.82, 2.24) is 9.78 Å². The van der Waals surface area contributed by atoms with Gasteiger partial charge in [-0.2, -0.15) is 5.10 Å². The maximum absolute atomic E-state index is 13.4. The van der Waals surface area contributed by atoms with Crippen molar-refractivity contribution >= 4 is 11.6 Å². The van der Waals surface area contributed by atoms with E-state index in [0.29, 0.717) is 12.1 Å². The molecule has 2 rings (SSSR count). The van der Waals surface area contributed by atoms with Gasteiger partial charge in [-0.1, -0.05) is 0 Å². The van der Waals surface area contributed by atoms with Crippen LogP contribution in [0.4, 0.5) is 10.1 Å². The minimum atomic E-state index is -0.689. The van der Waals surface area contributed by atoms with E-state index in [1.54, 1.807) is 10.9 Å². The maximum Gasteiger partial charge on any atom is 0.258 e. The van der Waals surface area contributed by atoms with Crippen LogP contribution in [-0.2, 0) is 6.54 Å². The lowest BCUT2D eigenvalue weighted by Gasteiger charge is -2.05. The molecule has 0 bridgehead atoms. The Morgan fingerprint density at radius 3 is 2.94 bits per heavy atom. The van der Waals surface area contributed by atoms with E-state index < -0.39 is 11.7 Å². The van der Waals surface area contributed by atoms with E-state index >= 15 is 0 Å². The molecule has 0 unspecified atom stereocenters. The third kappa shape index (κ3) is 2.48. The Kier molecular flexibility index (Phi) is 3.27. The lowest BCUT2D eigenvalue weighted by Crippen LogP contribution is -2.12. The van der Waals surface area contributed by atoms with E-state index in [0.717, 1.165) is 6.07 Å². The average Bonchev–Trinajstić information content (AvgIpc) is 2.81. The highest BCUT2D eigenvalue weighted by Gasteiger charge is 2.11. The maximum atomic E-state index is 13.4. The Morgan fingerprint density at radius 2 is 2.33 bits per heavy atom.